The molecule has 0 aliphatic carbocycles. The Labute approximate surface area is 184 Å². The molecule has 1 unspecified atom stereocenters. The SMILES string of the molecule is CCOc1cc(CNC(=O)C(CC)Oc2ccc(N(C)S(C)(=O)=O)cc2)ccc1OC. The summed E-state index contributed by atoms with van der Waals surface area (Å²) in [5.74, 6) is 1.50. The van der Waals surface area contributed by atoms with Crippen molar-refractivity contribution >= 4 is 21.6 Å². The average molecular weight is 451 g/mol. The standard InChI is InChI=1S/C22H30N2O6S/c1-6-19(30-18-11-9-17(10-12-18)24(3)31(5,26)27)22(25)23-15-16-8-13-20(28-4)21(14-16)29-7-2/h8-14,19H,6-7,15H2,1-5H3,(H,23,25). The Bertz CT molecular complexity index is 976. The van der Waals surface area contributed by atoms with Gasteiger partial charge in [-0.2, -0.15) is 0 Å². The Balaban J connectivity index is 2.00. The Kier molecular flexibility index (Phi) is 8.56. The van der Waals surface area contributed by atoms with Gasteiger partial charge in [0.15, 0.2) is 17.6 Å². The number of carbonyl (C=O) groups is 1. The van der Waals surface area contributed by atoms with Crippen LogP contribution in [0.2, 0.25) is 0 Å². The molecule has 1 amide bonds. The molecule has 0 bridgehead atoms. The molecule has 0 radical (unpaired) electrons. The molecule has 0 saturated heterocycles. The van der Waals surface area contributed by atoms with Gasteiger partial charge in [0.2, 0.25) is 10.0 Å². The third-order valence-electron chi connectivity index (χ3n) is 4.63. The molecule has 1 N–H and O–H groups in total. The van der Waals surface area contributed by atoms with Gasteiger partial charge in [0.05, 0.1) is 25.7 Å². The highest BCUT2D eigenvalue weighted by Gasteiger charge is 2.19. The van der Waals surface area contributed by atoms with E-state index in [1.165, 1.54) is 11.4 Å². The van der Waals surface area contributed by atoms with E-state index in [-0.39, 0.29) is 5.91 Å². The smallest absolute Gasteiger partial charge is 0.261 e. The van der Waals surface area contributed by atoms with Gasteiger partial charge in [-0.3, -0.25) is 9.10 Å². The summed E-state index contributed by atoms with van der Waals surface area (Å²) in [5.41, 5.74) is 1.39. The summed E-state index contributed by atoms with van der Waals surface area (Å²) in [6.45, 7) is 4.58. The van der Waals surface area contributed by atoms with E-state index in [0.29, 0.717) is 42.5 Å². The number of amides is 1. The van der Waals surface area contributed by atoms with Crippen molar-refractivity contribution in [3.8, 4) is 17.2 Å². The minimum atomic E-state index is -3.34. The predicted octanol–water partition coefficient (Wildman–Crippen LogP) is 2.96. The van der Waals surface area contributed by atoms with E-state index in [1.54, 1.807) is 37.4 Å². The third-order valence-corrected chi connectivity index (χ3v) is 5.84. The molecule has 0 spiro atoms. The number of hydrogen-bond acceptors (Lipinski definition) is 6. The van der Waals surface area contributed by atoms with Gasteiger partial charge in [-0.05, 0) is 55.3 Å². The first-order valence-corrected chi connectivity index (χ1v) is 11.8. The second-order valence-electron chi connectivity index (χ2n) is 6.88. The first-order chi connectivity index (χ1) is 14.7. The summed E-state index contributed by atoms with van der Waals surface area (Å²) < 4.78 is 41.1. The molecule has 0 aliphatic heterocycles. The van der Waals surface area contributed by atoms with Crippen LogP contribution in [0.1, 0.15) is 25.8 Å². The topological polar surface area (TPSA) is 94.2 Å². The van der Waals surface area contributed by atoms with Crippen molar-refractivity contribution in [2.24, 2.45) is 0 Å². The van der Waals surface area contributed by atoms with Crippen LogP contribution >= 0.6 is 0 Å². The Morgan fingerprint density at radius 3 is 2.32 bits per heavy atom. The second-order valence-corrected chi connectivity index (χ2v) is 8.89. The number of rotatable bonds is 11. The summed E-state index contributed by atoms with van der Waals surface area (Å²) in [6.07, 6.45) is 0.932. The molecule has 1 atom stereocenters. The summed E-state index contributed by atoms with van der Waals surface area (Å²) in [4.78, 5) is 12.6. The number of nitrogens with zero attached hydrogens (tertiary/aromatic N) is 1. The first kappa shape index (κ1) is 24.3. The van der Waals surface area contributed by atoms with Crippen LogP contribution in [0.25, 0.3) is 0 Å². The van der Waals surface area contributed by atoms with Crippen LogP contribution in [-0.2, 0) is 21.4 Å². The maximum atomic E-state index is 12.6. The molecule has 0 saturated carbocycles. The van der Waals surface area contributed by atoms with Crippen molar-refractivity contribution in [2.75, 3.05) is 31.3 Å². The largest absolute Gasteiger partial charge is 0.493 e. The Morgan fingerprint density at radius 1 is 1.10 bits per heavy atom. The van der Waals surface area contributed by atoms with E-state index in [2.05, 4.69) is 5.32 Å². The molecule has 0 aromatic heterocycles. The highest BCUT2D eigenvalue weighted by molar-refractivity contribution is 7.92. The molecule has 0 aliphatic rings. The van der Waals surface area contributed by atoms with E-state index in [1.807, 2.05) is 26.0 Å². The van der Waals surface area contributed by atoms with E-state index >= 15 is 0 Å². The lowest BCUT2D eigenvalue weighted by molar-refractivity contribution is -0.128. The average Bonchev–Trinajstić information content (AvgIpc) is 2.75. The quantitative estimate of drug-likeness (QED) is 0.566. The highest BCUT2D eigenvalue weighted by atomic mass is 32.2. The maximum absolute atomic E-state index is 12.6. The number of sulfonamides is 1. The van der Waals surface area contributed by atoms with Crippen LogP contribution in [0.4, 0.5) is 5.69 Å². The van der Waals surface area contributed by atoms with Crippen LogP contribution in [0.5, 0.6) is 17.2 Å². The van der Waals surface area contributed by atoms with Gasteiger partial charge in [-0.25, -0.2) is 8.42 Å². The molecule has 0 fully saturated rings. The fourth-order valence-electron chi connectivity index (χ4n) is 2.82. The lowest BCUT2D eigenvalue weighted by atomic mass is 10.2. The number of anilines is 1. The van der Waals surface area contributed by atoms with E-state index in [4.69, 9.17) is 14.2 Å². The van der Waals surface area contributed by atoms with Crippen molar-refractivity contribution < 1.29 is 27.4 Å². The van der Waals surface area contributed by atoms with Gasteiger partial charge in [-0.1, -0.05) is 13.0 Å². The summed E-state index contributed by atoms with van der Waals surface area (Å²) in [6, 6.07) is 12.0. The van der Waals surface area contributed by atoms with Gasteiger partial charge in [-0.15, -0.1) is 0 Å². The van der Waals surface area contributed by atoms with Gasteiger partial charge < -0.3 is 19.5 Å². The first-order valence-electron chi connectivity index (χ1n) is 9.97. The molecule has 170 valence electrons. The highest BCUT2D eigenvalue weighted by Crippen LogP contribution is 2.28. The molecule has 31 heavy (non-hydrogen) atoms. The number of benzene rings is 2. The normalized spacial score (nSPS) is 12.0. The van der Waals surface area contributed by atoms with E-state index < -0.39 is 16.1 Å². The molecule has 2 rings (SSSR count). The third kappa shape index (κ3) is 6.78. The zero-order valence-corrected chi connectivity index (χ0v) is 19.4. The fraction of sp³-hybridized carbons (Fsp3) is 0.409. The molecule has 8 nitrogen and oxygen atoms in total. The number of carbonyl (C=O) groups excluding carboxylic acids is 1. The second kappa shape index (κ2) is 10.9. The minimum absolute atomic E-state index is 0.242. The lowest BCUT2D eigenvalue weighted by Gasteiger charge is -2.19. The number of ether oxygens (including phenoxy) is 3. The van der Waals surface area contributed by atoms with Crippen LogP contribution in [0, 0.1) is 0 Å². The van der Waals surface area contributed by atoms with Crippen LogP contribution in [-0.4, -0.2) is 47.4 Å². The van der Waals surface area contributed by atoms with Gasteiger partial charge in [0.25, 0.3) is 5.91 Å². The Morgan fingerprint density at radius 2 is 1.77 bits per heavy atom. The van der Waals surface area contributed by atoms with Gasteiger partial charge in [0.1, 0.15) is 5.75 Å². The molecule has 2 aromatic rings. The summed E-state index contributed by atoms with van der Waals surface area (Å²) >= 11 is 0. The molecule has 2 aromatic carbocycles. The zero-order chi connectivity index (χ0) is 23.0. The molecular formula is C22H30N2O6S. The zero-order valence-electron chi connectivity index (χ0n) is 18.5. The lowest BCUT2D eigenvalue weighted by Crippen LogP contribution is -2.37. The molecular weight excluding hydrogens is 420 g/mol. The summed E-state index contributed by atoms with van der Waals surface area (Å²) in [5, 5.41) is 2.88. The van der Waals surface area contributed by atoms with E-state index in [9.17, 15) is 13.2 Å². The van der Waals surface area contributed by atoms with Crippen molar-refractivity contribution in [1.82, 2.24) is 5.32 Å². The molecule has 0 heterocycles. The number of hydrogen-bond donors (Lipinski definition) is 1. The van der Waals surface area contributed by atoms with Crippen LogP contribution in [0.15, 0.2) is 42.5 Å². The van der Waals surface area contributed by atoms with Crippen molar-refractivity contribution in [3.63, 3.8) is 0 Å². The number of nitrogens with one attached hydrogen (secondary N) is 1. The van der Waals surface area contributed by atoms with Crippen LogP contribution < -0.4 is 23.8 Å². The van der Waals surface area contributed by atoms with Gasteiger partial charge in [0, 0.05) is 13.6 Å². The van der Waals surface area contributed by atoms with Crippen molar-refractivity contribution in [2.45, 2.75) is 32.9 Å². The maximum Gasteiger partial charge on any atom is 0.261 e. The minimum Gasteiger partial charge on any atom is -0.493 e. The number of methoxy groups -OCH3 is 1. The van der Waals surface area contributed by atoms with Crippen molar-refractivity contribution in [1.29, 1.82) is 0 Å². The monoisotopic (exact) mass is 450 g/mol. The Hall–Kier alpha value is -2.94. The fourth-order valence-corrected chi connectivity index (χ4v) is 3.32. The van der Waals surface area contributed by atoms with E-state index in [0.717, 1.165) is 11.8 Å². The predicted molar refractivity (Wildman–Crippen MR) is 120 cm³/mol. The van der Waals surface area contributed by atoms with Crippen LogP contribution in [0.3, 0.4) is 0 Å². The van der Waals surface area contributed by atoms with Gasteiger partial charge >= 0.3 is 0 Å². The molecule has 9 heteroatoms. The summed E-state index contributed by atoms with van der Waals surface area (Å²) in [7, 11) is -0.290. The van der Waals surface area contributed by atoms with Crippen molar-refractivity contribution in [3.05, 3.63) is 48.0 Å².